The summed E-state index contributed by atoms with van der Waals surface area (Å²) in [5, 5.41) is 4.18. The van der Waals surface area contributed by atoms with Crippen LogP contribution in [-0.4, -0.2) is 61.9 Å². The largest absolute Gasteiger partial charge is 0.348 e. The lowest BCUT2D eigenvalue weighted by Gasteiger charge is -2.34. The number of aromatic nitrogens is 5. The van der Waals surface area contributed by atoms with E-state index in [4.69, 9.17) is 4.98 Å². The van der Waals surface area contributed by atoms with Gasteiger partial charge in [0.2, 0.25) is 5.91 Å². The number of rotatable bonds is 3. The van der Waals surface area contributed by atoms with Crippen molar-refractivity contribution in [3.05, 3.63) is 59.3 Å². The fourth-order valence-electron chi connectivity index (χ4n) is 4.35. The number of imidazole rings is 1. The van der Waals surface area contributed by atoms with Gasteiger partial charge in [0.1, 0.15) is 0 Å². The maximum Gasteiger partial charge on any atom is 0.256 e. The molecule has 0 atom stereocenters. The van der Waals surface area contributed by atoms with Crippen LogP contribution in [0.5, 0.6) is 0 Å². The summed E-state index contributed by atoms with van der Waals surface area (Å²) in [6, 6.07) is 3.85. The Bertz CT molecular complexity index is 1510. The zero-order valence-corrected chi connectivity index (χ0v) is 17.9. The highest BCUT2D eigenvalue weighted by atomic mass is 32.1. The molecule has 32 heavy (non-hydrogen) atoms. The molecule has 5 aromatic rings. The molecule has 1 fully saturated rings. The van der Waals surface area contributed by atoms with Gasteiger partial charge in [-0.1, -0.05) is 11.3 Å². The quantitative estimate of drug-likeness (QED) is 0.412. The third-order valence-corrected chi connectivity index (χ3v) is 7.12. The topological polar surface area (TPSA) is 111 Å². The highest BCUT2D eigenvalue weighted by Gasteiger charge is 2.24. The van der Waals surface area contributed by atoms with E-state index in [2.05, 4.69) is 24.8 Å². The summed E-state index contributed by atoms with van der Waals surface area (Å²) < 4.78 is 0.998. The number of benzene rings is 1. The van der Waals surface area contributed by atoms with E-state index in [-0.39, 0.29) is 11.5 Å². The third-order valence-electron chi connectivity index (χ3n) is 5.97. The van der Waals surface area contributed by atoms with Crippen LogP contribution in [0.25, 0.3) is 31.8 Å². The summed E-state index contributed by atoms with van der Waals surface area (Å²) in [6.45, 7) is 2.72. The number of carbonyl (C=O) groups is 1. The van der Waals surface area contributed by atoms with E-state index in [0.29, 0.717) is 38.0 Å². The Hall–Kier alpha value is -3.79. The van der Waals surface area contributed by atoms with Crippen molar-refractivity contribution in [1.82, 2.24) is 29.8 Å². The number of pyridine rings is 2. The van der Waals surface area contributed by atoms with Gasteiger partial charge >= 0.3 is 0 Å². The summed E-state index contributed by atoms with van der Waals surface area (Å²) in [4.78, 5) is 48.2. The molecule has 4 aromatic heterocycles. The van der Waals surface area contributed by atoms with Gasteiger partial charge in [-0.2, -0.15) is 0 Å². The lowest BCUT2D eigenvalue weighted by Crippen LogP contribution is -2.49. The van der Waals surface area contributed by atoms with Crippen LogP contribution in [0.3, 0.4) is 0 Å². The molecule has 9 nitrogen and oxygen atoms in total. The van der Waals surface area contributed by atoms with E-state index in [9.17, 15) is 9.59 Å². The van der Waals surface area contributed by atoms with Crippen molar-refractivity contribution in [1.29, 1.82) is 0 Å². The molecule has 6 rings (SSSR count). The number of amides is 1. The van der Waals surface area contributed by atoms with Gasteiger partial charge in [0, 0.05) is 72.8 Å². The molecule has 0 radical (unpaired) electrons. The van der Waals surface area contributed by atoms with Crippen molar-refractivity contribution in [2.45, 2.75) is 6.42 Å². The van der Waals surface area contributed by atoms with Gasteiger partial charge in [-0.25, -0.2) is 9.97 Å². The number of aromatic amines is 2. The van der Waals surface area contributed by atoms with Crippen LogP contribution >= 0.6 is 11.3 Å². The molecule has 1 amide bonds. The van der Waals surface area contributed by atoms with Crippen LogP contribution in [0.2, 0.25) is 0 Å². The van der Waals surface area contributed by atoms with E-state index in [1.165, 1.54) is 0 Å². The summed E-state index contributed by atoms with van der Waals surface area (Å²) in [6.07, 6.45) is 8.75. The zero-order chi connectivity index (χ0) is 21.7. The maximum atomic E-state index is 12.6. The lowest BCUT2D eigenvalue weighted by molar-refractivity contribution is -0.130. The highest BCUT2D eigenvalue weighted by molar-refractivity contribution is 7.23. The van der Waals surface area contributed by atoms with Gasteiger partial charge in [0.25, 0.3) is 5.56 Å². The number of piperazine rings is 1. The second-order valence-electron chi connectivity index (χ2n) is 7.81. The summed E-state index contributed by atoms with van der Waals surface area (Å²) in [7, 11) is 0. The van der Waals surface area contributed by atoms with E-state index in [0.717, 1.165) is 37.2 Å². The van der Waals surface area contributed by atoms with Crippen LogP contribution in [-0.2, 0) is 11.2 Å². The first-order chi connectivity index (χ1) is 15.7. The number of nitrogens with one attached hydrogen (secondary N) is 2. The maximum absolute atomic E-state index is 12.6. The first-order valence-electron chi connectivity index (χ1n) is 10.4. The number of H-pyrrole nitrogens is 2. The number of fused-ring (bicyclic) bond motifs is 6. The number of anilines is 1. The van der Waals surface area contributed by atoms with E-state index < -0.39 is 0 Å². The Balaban J connectivity index is 1.33. The SMILES string of the molecule is O=C(Cc1cnc[nH]1)N1CCN(c2nc3c4ccncc4c4c(=O)[nH]ccc4c3s2)CC1. The van der Waals surface area contributed by atoms with Gasteiger partial charge in [0.15, 0.2) is 5.13 Å². The van der Waals surface area contributed by atoms with Crippen molar-refractivity contribution in [3.63, 3.8) is 0 Å². The van der Waals surface area contributed by atoms with Gasteiger partial charge in [-0.05, 0) is 12.1 Å². The molecular formula is C22H19N7O2S. The summed E-state index contributed by atoms with van der Waals surface area (Å²) in [5.74, 6) is 0.0990. The molecule has 1 saturated heterocycles. The molecule has 5 heterocycles. The first kappa shape index (κ1) is 18.9. The standard InChI is InChI=1S/C22H19N7O2S/c30-17(9-13-10-24-12-26-13)28-5-7-29(8-6-28)22-27-19-14-1-3-23-11-16(14)18-15(20(19)32-22)2-4-25-21(18)31/h1-4,10-12H,5-9H2,(H,24,26)(H,25,31). The summed E-state index contributed by atoms with van der Waals surface area (Å²) in [5.41, 5.74) is 1.59. The van der Waals surface area contributed by atoms with Crippen molar-refractivity contribution >= 4 is 54.1 Å². The second-order valence-corrected chi connectivity index (χ2v) is 8.79. The molecule has 160 valence electrons. The first-order valence-corrected chi connectivity index (χ1v) is 11.2. The van der Waals surface area contributed by atoms with Gasteiger partial charge < -0.3 is 19.8 Å². The van der Waals surface area contributed by atoms with Crippen molar-refractivity contribution in [2.24, 2.45) is 0 Å². The Morgan fingerprint density at radius 2 is 1.91 bits per heavy atom. The molecule has 0 spiro atoms. The van der Waals surface area contributed by atoms with Crippen molar-refractivity contribution in [2.75, 3.05) is 31.1 Å². The Morgan fingerprint density at radius 3 is 2.72 bits per heavy atom. The number of carbonyl (C=O) groups excluding carboxylic acids is 1. The fourth-order valence-corrected chi connectivity index (χ4v) is 5.51. The number of hydrogen-bond donors (Lipinski definition) is 2. The van der Waals surface area contributed by atoms with Crippen LogP contribution in [0, 0.1) is 0 Å². The Labute approximate surface area is 185 Å². The predicted molar refractivity (Wildman–Crippen MR) is 124 cm³/mol. The van der Waals surface area contributed by atoms with Gasteiger partial charge in [0.05, 0.1) is 28.4 Å². The average Bonchev–Trinajstić information content (AvgIpc) is 3.50. The molecule has 1 aliphatic heterocycles. The normalized spacial score (nSPS) is 14.6. The Kier molecular flexibility index (Phi) is 4.39. The van der Waals surface area contributed by atoms with Crippen LogP contribution in [0.4, 0.5) is 5.13 Å². The fraction of sp³-hybridized carbons (Fsp3) is 0.227. The average molecular weight is 446 g/mol. The number of thiazole rings is 1. The predicted octanol–water partition coefficient (Wildman–Crippen LogP) is 2.30. The monoisotopic (exact) mass is 445 g/mol. The third kappa shape index (κ3) is 3.02. The molecule has 0 bridgehead atoms. The molecule has 1 aromatic carbocycles. The molecular weight excluding hydrogens is 426 g/mol. The van der Waals surface area contributed by atoms with Crippen LogP contribution in [0.15, 0.2) is 48.0 Å². The minimum Gasteiger partial charge on any atom is -0.348 e. The minimum absolute atomic E-state index is 0.0990. The van der Waals surface area contributed by atoms with Gasteiger partial charge in [-0.3, -0.25) is 14.6 Å². The molecule has 0 aliphatic carbocycles. The zero-order valence-electron chi connectivity index (χ0n) is 17.0. The number of hydrogen-bond acceptors (Lipinski definition) is 7. The second kappa shape index (κ2) is 7.41. The minimum atomic E-state index is -0.123. The molecule has 10 heteroatoms. The van der Waals surface area contributed by atoms with E-state index in [1.807, 2.05) is 17.0 Å². The van der Waals surface area contributed by atoms with Gasteiger partial charge in [-0.15, -0.1) is 0 Å². The Morgan fingerprint density at radius 1 is 1.03 bits per heavy atom. The molecule has 0 unspecified atom stereocenters. The van der Waals surface area contributed by atoms with E-state index in [1.54, 1.807) is 42.5 Å². The summed E-state index contributed by atoms with van der Waals surface area (Å²) >= 11 is 1.60. The lowest BCUT2D eigenvalue weighted by atomic mass is 10.0. The molecule has 2 N–H and O–H groups in total. The van der Waals surface area contributed by atoms with Crippen LogP contribution in [0.1, 0.15) is 5.69 Å². The highest BCUT2D eigenvalue weighted by Crippen LogP contribution is 2.39. The van der Waals surface area contributed by atoms with Crippen molar-refractivity contribution in [3.8, 4) is 0 Å². The number of nitrogens with zero attached hydrogens (tertiary/aromatic N) is 5. The molecule has 1 aliphatic rings. The molecule has 0 saturated carbocycles. The van der Waals surface area contributed by atoms with E-state index >= 15 is 0 Å². The smallest absolute Gasteiger partial charge is 0.256 e. The van der Waals surface area contributed by atoms with Crippen LogP contribution < -0.4 is 10.5 Å². The van der Waals surface area contributed by atoms with Crippen molar-refractivity contribution < 1.29 is 4.79 Å².